The predicted molar refractivity (Wildman–Crippen MR) is 120 cm³/mol. The van der Waals surface area contributed by atoms with Gasteiger partial charge in [-0.1, -0.05) is 60.2 Å². The van der Waals surface area contributed by atoms with Gasteiger partial charge in [0.05, 0.1) is 6.61 Å². The van der Waals surface area contributed by atoms with Gasteiger partial charge in [0.25, 0.3) is 0 Å². The molecule has 1 aliphatic rings. The lowest BCUT2D eigenvalue weighted by Gasteiger charge is -2.42. The minimum atomic E-state index is -1.38. The SMILES string of the molecule is CC(=O)NC1[C@H](Oc2ccc3ccccc3c2-c2cccc(C)c2)OC(CO)[C@H](O)[C@@H]1O. The number of amides is 1. The van der Waals surface area contributed by atoms with E-state index in [1.54, 1.807) is 0 Å². The van der Waals surface area contributed by atoms with Crippen molar-refractivity contribution in [2.24, 2.45) is 0 Å². The highest BCUT2D eigenvalue weighted by Crippen LogP contribution is 2.39. The first-order valence-corrected chi connectivity index (χ1v) is 10.5. The van der Waals surface area contributed by atoms with Gasteiger partial charge in [-0.2, -0.15) is 0 Å². The number of carbonyl (C=O) groups is 1. The van der Waals surface area contributed by atoms with E-state index in [2.05, 4.69) is 11.4 Å². The summed E-state index contributed by atoms with van der Waals surface area (Å²) in [6, 6.07) is 18.7. The predicted octanol–water partition coefficient (Wildman–Crippen LogP) is 2.14. The fraction of sp³-hybridized carbons (Fsp3) is 0.320. The molecule has 0 saturated carbocycles. The molecule has 3 aromatic rings. The summed E-state index contributed by atoms with van der Waals surface area (Å²) in [4.78, 5) is 11.7. The standard InChI is InChI=1S/C25H27NO6/c1-14-6-5-8-17(12-14)21-18-9-4-3-7-16(18)10-11-19(21)31-25-22(26-15(2)28)24(30)23(29)20(13-27)32-25/h3-12,20,22-25,27,29-30H,13H2,1-2H3,(H,26,28)/t20?,22?,23-,24+,25+/m0/s1. The maximum atomic E-state index is 11.7. The molecule has 1 heterocycles. The van der Waals surface area contributed by atoms with Crippen LogP contribution in [0.15, 0.2) is 60.7 Å². The van der Waals surface area contributed by atoms with Crippen molar-refractivity contribution in [2.45, 2.75) is 44.5 Å². The molecular formula is C25H27NO6. The summed E-state index contributed by atoms with van der Waals surface area (Å²) in [6.45, 7) is 2.81. The molecule has 1 saturated heterocycles. The maximum Gasteiger partial charge on any atom is 0.223 e. The van der Waals surface area contributed by atoms with E-state index in [1.165, 1.54) is 6.92 Å². The third-order valence-electron chi connectivity index (χ3n) is 5.69. The average molecular weight is 437 g/mol. The van der Waals surface area contributed by atoms with Crippen molar-refractivity contribution >= 4 is 16.7 Å². The van der Waals surface area contributed by atoms with E-state index >= 15 is 0 Å². The molecule has 0 radical (unpaired) electrons. The molecule has 1 fully saturated rings. The zero-order valence-electron chi connectivity index (χ0n) is 17.9. The molecule has 32 heavy (non-hydrogen) atoms. The van der Waals surface area contributed by atoms with Gasteiger partial charge in [-0.15, -0.1) is 0 Å². The second-order valence-corrected chi connectivity index (χ2v) is 8.08. The first-order valence-electron chi connectivity index (χ1n) is 10.5. The van der Waals surface area contributed by atoms with Crippen LogP contribution >= 0.6 is 0 Å². The second-order valence-electron chi connectivity index (χ2n) is 8.08. The smallest absolute Gasteiger partial charge is 0.223 e. The lowest BCUT2D eigenvalue weighted by atomic mass is 9.95. The van der Waals surface area contributed by atoms with Crippen LogP contribution < -0.4 is 10.1 Å². The Bertz CT molecular complexity index is 1120. The van der Waals surface area contributed by atoms with Crippen molar-refractivity contribution in [3.63, 3.8) is 0 Å². The largest absolute Gasteiger partial charge is 0.462 e. The summed E-state index contributed by atoms with van der Waals surface area (Å²) < 4.78 is 12.0. The number of benzene rings is 3. The highest BCUT2D eigenvalue weighted by atomic mass is 16.7. The Balaban J connectivity index is 1.80. The average Bonchev–Trinajstić information content (AvgIpc) is 2.78. The van der Waals surface area contributed by atoms with Gasteiger partial charge in [0.15, 0.2) is 0 Å². The molecule has 0 aliphatic carbocycles. The van der Waals surface area contributed by atoms with Crippen LogP contribution in [0.1, 0.15) is 12.5 Å². The van der Waals surface area contributed by atoms with Crippen LogP contribution in [0, 0.1) is 6.92 Å². The second kappa shape index (κ2) is 9.26. The molecule has 168 valence electrons. The fourth-order valence-corrected chi connectivity index (χ4v) is 4.14. The zero-order valence-corrected chi connectivity index (χ0v) is 17.9. The first kappa shape index (κ1) is 22.2. The summed E-state index contributed by atoms with van der Waals surface area (Å²) >= 11 is 0. The van der Waals surface area contributed by atoms with Crippen LogP contribution in [-0.4, -0.2) is 58.5 Å². The van der Waals surface area contributed by atoms with Gasteiger partial charge >= 0.3 is 0 Å². The van der Waals surface area contributed by atoms with Gasteiger partial charge in [0.2, 0.25) is 12.2 Å². The van der Waals surface area contributed by atoms with E-state index < -0.39 is 43.2 Å². The Hall–Kier alpha value is -2.97. The number of aliphatic hydroxyl groups excluding tert-OH is 3. The van der Waals surface area contributed by atoms with Crippen molar-refractivity contribution in [3.05, 3.63) is 66.2 Å². The normalized spacial score (nSPS) is 25.5. The molecule has 7 heteroatoms. The summed E-state index contributed by atoms with van der Waals surface area (Å²) in [5.41, 5.74) is 2.88. The van der Waals surface area contributed by atoms with Gasteiger partial charge in [0.1, 0.15) is 30.1 Å². The summed E-state index contributed by atoms with van der Waals surface area (Å²) in [6.07, 6.45) is -4.93. The van der Waals surface area contributed by atoms with Gasteiger partial charge in [0, 0.05) is 12.5 Å². The van der Waals surface area contributed by atoms with Gasteiger partial charge in [-0.25, -0.2) is 0 Å². The summed E-state index contributed by atoms with van der Waals surface area (Å²) in [5, 5.41) is 35.1. The number of fused-ring (bicyclic) bond motifs is 1. The Morgan fingerprint density at radius 1 is 1.06 bits per heavy atom. The monoisotopic (exact) mass is 437 g/mol. The van der Waals surface area contributed by atoms with Gasteiger partial charge < -0.3 is 30.1 Å². The van der Waals surface area contributed by atoms with Crippen molar-refractivity contribution < 1.29 is 29.6 Å². The maximum absolute atomic E-state index is 11.7. The van der Waals surface area contributed by atoms with Crippen LogP contribution in [0.5, 0.6) is 5.75 Å². The van der Waals surface area contributed by atoms with E-state index in [1.807, 2.05) is 61.5 Å². The molecule has 3 aromatic carbocycles. The van der Waals surface area contributed by atoms with Crippen LogP contribution in [-0.2, 0) is 9.53 Å². The number of aryl methyl sites for hydroxylation is 1. The number of hydrogen-bond acceptors (Lipinski definition) is 6. The number of aliphatic hydroxyl groups is 3. The van der Waals surface area contributed by atoms with Crippen LogP contribution in [0.25, 0.3) is 21.9 Å². The van der Waals surface area contributed by atoms with Crippen molar-refractivity contribution in [1.82, 2.24) is 5.32 Å². The first-order chi connectivity index (χ1) is 15.4. The number of nitrogens with one attached hydrogen (secondary N) is 1. The highest BCUT2D eigenvalue weighted by Gasteiger charge is 2.46. The fourth-order valence-electron chi connectivity index (χ4n) is 4.14. The van der Waals surface area contributed by atoms with E-state index in [0.717, 1.165) is 27.5 Å². The third kappa shape index (κ3) is 4.33. The molecule has 0 spiro atoms. The lowest BCUT2D eigenvalue weighted by Crippen LogP contribution is -2.65. The Morgan fingerprint density at radius 2 is 1.84 bits per heavy atom. The molecule has 7 nitrogen and oxygen atoms in total. The van der Waals surface area contributed by atoms with E-state index in [-0.39, 0.29) is 0 Å². The van der Waals surface area contributed by atoms with Crippen LogP contribution in [0.3, 0.4) is 0 Å². The van der Waals surface area contributed by atoms with Crippen LogP contribution in [0.2, 0.25) is 0 Å². The van der Waals surface area contributed by atoms with Gasteiger partial charge in [-0.05, 0) is 29.3 Å². The van der Waals surface area contributed by atoms with E-state index in [4.69, 9.17) is 9.47 Å². The minimum Gasteiger partial charge on any atom is -0.462 e. The highest BCUT2D eigenvalue weighted by molar-refractivity contribution is 5.99. The van der Waals surface area contributed by atoms with Crippen molar-refractivity contribution in [3.8, 4) is 16.9 Å². The minimum absolute atomic E-state index is 0.404. The van der Waals surface area contributed by atoms with Crippen molar-refractivity contribution in [2.75, 3.05) is 6.61 Å². The molecule has 1 amide bonds. The zero-order chi connectivity index (χ0) is 22.8. The topological polar surface area (TPSA) is 108 Å². The quantitative estimate of drug-likeness (QED) is 0.487. The summed E-state index contributed by atoms with van der Waals surface area (Å²) in [5.74, 6) is 0.0910. The molecule has 0 bridgehead atoms. The molecule has 4 rings (SSSR count). The molecule has 0 aromatic heterocycles. The van der Waals surface area contributed by atoms with Crippen LogP contribution in [0.4, 0.5) is 0 Å². The third-order valence-corrected chi connectivity index (χ3v) is 5.69. The van der Waals surface area contributed by atoms with E-state index in [9.17, 15) is 20.1 Å². The Labute approximate surface area is 186 Å². The lowest BCUT2D eigenvalue weighted by molar-refractivity contribution is -0.244. The van der Waals surface area contributed by atoms with Crippen molar-refractivity contribution in [1.29, 1.82) is 0 Å². The molecule has 2 unspecified atom stereocenters. The number of ether oxygens (including phenoxy) is 2. The number of carbonyl (C=O) groups excluding carboxylic acids is 1. The molecule has 4 N–H and O–H groups in total. The Morgan fingerprint density at radius 3 is 2.56 bits per heavy atom. The summed E-state index contributed by atoms with van der Waals surface area (Å²) in [7, 11) is 0. The molecule has 5 atom stereocenters. The number of rotatable bonds is 5. The molecular weight excluding hydrogens is 410 g/mol. The Kier molecular flexibility index (Phi) is 6.43. The molecule has 1 aliphatic heterocycles. The van der Waals surface area contributed by atoms with E-state index in [0.29, 0.717) is 5.75 Å². The van der Waals surface area contributed by atoms with Gasteiger partial charge in [-0.3, -0.25) is 4.79 Å². The number of hydrogen-bond donors (Lipinski definition) is 4.